The molecule has 2 aliphatic heterocycles. The predicted molar refractivity (Wildman–Crippen MR) is 141 cm³/mol. The number of piperidine rings is 1. The molecule has 4 nitrogen and oxygen atoms in total. The summed E-state index contributed by atoms with van der Waals surface area (Å²) in [6.45, 7) is 7.19. The summed E-state index contributed by atoms with van der Waals surface area (Å²) in [7, 11) is 0. The maximum absolute atomic E-state index is 14.3. The Labute approximate surface area is 218 Å². The number of amides is 1. The van der Waals surface area contributed by atoms with Crippen molar-refractivity contribution >= 4 is 29.1 Å². The zero-order chi connectivity index (χ0) is 24.8. The van der Waals surface area contributed by atoms with Crippen LogP contribution in [-0.4, -0.2) is 35.8 Å². The second-order valence-corrected chi connectivity index (χ2v) is 11.7. The van der Waals surface area contributed by atoms with E-state index < -0.39 is 16.7 Å². The van der Waals surface area contributed by atoms with Crippen molar-refractivity contribution in [3.63, 3.8) is 0 Å². The van der Waals surface area contributed by atoms with E-state index in [4.69, 9.17) is 32.7 Å². The summed E-state index contributed by atoms with van der Waals surface area (Å²) >= 11 is 13.2. The zero-order valence-electron chi connectivity index (χ0n) is 20.7. The van der Waals surface area contributed by atoms with E-state index in [-0.39, 0.29) is 12.0 Å². The van der Waals surface area contributed by atoms with Gasteiger partial charge in [0.15, 0.2) is 5.79 Å². The molecular formula is C29H33Cl2NO3. The van der Waals surface area contributed by atoms with Crippen LogP contribution < -0.4 is 0 Å². The smallest absolute Gasteiger partial charge is 0.229 e. The molecule has 0 radical (unpaired) electrons. The molecule has 0 aromatic heterocycles. The number of benzene rings is 2. The number of halogens is 2. The third-order valence-electron chi connectivity index (χ3n) is 7.78. The van der Waals surface area contributed by atoms with Crippen LogP contribution in [0.25, 0.3) is 11.1 Å². The Kier molecular flexibility index (Phi) is 6.54. The van der Waals surface area contributed by atoms with E-state index in [0.717, 1.165) is 42.4 Å². The lowest BCUT2D eigenvalue weighted by Gasteiger charge is -2.49. The molecule has 0 saturated carbocycles. The van der Waals surface area contributed by atoms with Crippen LogP contribution >= 0.6 is 23.2 Å². The van der Waals surface area contributed by atoms with E-state index in [0.29, 0.717) is 29.6 Å². The van der Waals surface area contributed by atoms with Crippen molar-refractivity contribution in [2.24, 2.45) is 5.41 Å². The molecule has 0 N–H and O–H groups in total. The minimum atomic E-state index is -0.597. The first-order valence-corrected chi connectivity index (χ1v) is 13.3. The van der Waals surface area contributed by atoms with E-state index in [1.165, 1.54) is 0 Å². The van der Waals surface area contributed by atoms with Crippen molar-refractivity contribution in [1.29, 1.82) is 0 Å². The van der Waals surface area contributed by atoms with E-state index in [1.54, 1.807) is 0 Å². The highest BCUT2D eigenvalue weighted by molar-refractivity contribution is 6.34. The van der Waals surface area contributed by atoms with Gasteiger partial charge in [0.25, 0.3) is 0 Å². The van der Waals surface area contributed by atoms with Gasteiger partial charge in [-0.3, -0.25) is 4.79 Å². The van der Waals surface area contributed by atoms with Crippen molar-refractivity contribution in [3.05, 3.63) is 70.2 Å². The molecule has 2 heterocycles. The molecular weight excluding hydrogens is 481 g/mol. The van der Waals surface area contributed by atoms with Gasteiger partial charge in [-0.2, -0.15) is 0 Å². The molecule has 0 bridgehead atoms. The van der Waals surface area contributed by atoms with E-state index in [2.05, 4.69) is 30.0 Å². The zero-order valence-corrected chi connectivity index (χ0v) is 22.2. The summed E-state index contributed by atoms with van der Waals surface area (Å²) in [4.78, 5) is 16.4. The second-order valence-electron chi connectivity index (χ2n) is 10.8. The van der Waals surface area contributed by atoms with Crippen molar-refractivity contribution in [2.75, 3.05) is 13.2 Å². The number of carbonyl (C=O) groups is 1. The molecule has 3 aliphatic rings. The van der Waals surface area contributed by atoms with Gasteiger partial charge in [-0.25, -0.2) is 0 Å². The van der Waals surface area contributed by atoms with E-state index >= 15 is 0 Å². The van der Waals surface area contributed by atoms with Crippen LogP contribution in [0.4, 0.5) is 0 Å². The fraction of sp³-hybridized carbons (Fsp3) is 0.483. The van der Waals surface area contributed by atoms with Crippen LogP contribution in [0.15, 0.2) is 54.6 Å². The Morgan fingerprint density at radius 2 is 1.89 bits per heavy atom. The quantitative estimate of drug-likeness (QED) is 0.391. The third kappa shape index (κ3) is 4.55. The van der Waals surface area contributed by atoms with Crippen LogP contribution in [0.3, 0.4) is 0 Å². The maximum atomic E-state index is 14.3. The van der Waals surface area contributed by atoms with Gasteiger partial charge in [0.1, 0.15) is 0 Å². The number of carbonyl (C=O) groups excluding carboxylic acids is 1. The molecule has 3 unspecified atom stereocenters. The molecule has 1 aliphatic carbocycles. The topological polar surface area (TPSA) is 38.8 Å². The summed E-state index contributed by atoms with van der Waals surface area (Å²) in [5, 5.41) is 1.32. The van der Waals surface area contributed by atoms with Crippen molar-refractivity contribution in [3.8, 4) is 11.1 Å². The summed E-state index contributed by atoms with van der Waals surface area (Å²) in [5.74, 6) is -0.416. The Bertz CT molecular complexity index is 1160. The highest BCUT2D eigenvalue weighted by atomic mass is 35.5. The third-order valence-corrected chi connectivity index (χ3v) is 8.33. The van der Waals surface area contributed by atoms with Gasteiger partial charge in [0.2, 0.25) is 5.91 Å². The van der Waals surface area contributed by atoms with Crippen LogP contribution in [0.1, 0.15) is 58.4 Å². The summed E-state index contributed by atoms with van der Waals surface area (Å²) < 4.78 is 11.9. The summed E-state index contributed by atoms with van der Waals surface area (Å²) in [6, 6.07) is 13.8. The van der Waals surface area contributed by atoms with Gasteiger partial charge >= 0.3 is 0 Å². The second kappa shape index (κ2) is 9.23. The minimum Gasteiger partial charge on any atom is -0.348 e. The number of allylic oxidation sites excluding steroid dienone is 1. The molecule has 5 rings (SSSR count). The Balaban J connectivity index is 1.55. The van der Waals surface area contributed by atoms with Crippen LogP contribution in [0, 0.1) is 5.41 Å². The number of likely N-dealkylation sites (tertiary alicyclic amines) is 1. The van der Waals surface area contributed by atoms with Crippen molar-refractivity contribution in [1.82, 2.24) is 4.90 Å². The first-order valence-electron chi connectivity index (χ1n) is 12.5. The average Bonchev–Trinajstić information content (AvgIpc) is 3.42. The predicted octanol–water partition coefficient (Wildman–Crippen LogP) is 7.38. The van der Waals surface area contributed by atoms with Gasteiger partial charge in [-0.15, -0.1) is 0 Å². The largest absolute Gasteiger partial charge is 0.348 e. The molecule has 2 fully saturated rings. The fourth-order valence-corrected chi connectivity index (χ4v) is 6.65. The highest BCUT2D eigenvalue weighted by Gasteiger charge is 2.51. The highest BCUT2D eigenvalue weighted by Crippen LogP contribution is 2.50. The monoisotopic (exact) mass is 513 g/mol. The number of hydrogen-bond acceptors (Lipinski definition) is 3. The van der Waals surface area contributed by atoms with Gasteiger partial charge in [-0.1, -0.05) is 66.5 Å². The molecule has 186 valence electrons. The molecule has 2 aromatic carbocycles. The summed E-state index contributed by atoms with van der Waals surface area (Å²) in [5.41, 5.74) is 1.90. The normalized spacial score (nSPS) is 30.3. The number of nitrogens with zero attached hydrogens (tertiary/aromatic N) is 1. The minimum absolute atomic E-state index is 0.0813. The number of ether oxygens (including phenoxy) is 2. The lowest BCUT2D eigenvalue weighted by molar-refractivity contribution is -0.160. The molecule has 6 heteroatoms. The van der Waals surface area contributed by atoms with Gasteiger partial charge < -0.3 is 14.4 Å². The Morgan fingerprint density at radius 1 is 1.09 bits per heavy atom. The Morgan fingerprint density at radius 3 is 2.57 bits per heavy atom. The lowest BCUT2D eigenvalue weighted by Crippen LogP contribution is -2.56. The van der Waals surface area contributed by atoms with E-state index in [9.17, 15) is 4.79 Å². The van der Waals surface area contributed by atoms with Crippen LogP contribution in [0.5, 0.6) is 0 Å². The standard InChI is InChI=1S/C29H33Cl2NO3/c1-27(2)34-19-22(35-27)18-28(3)13-8-16-32(26(28)33)29(14-4-5-15-29)23-11-7-12-24(31)25(23)20-9-6-10-21(30)17-20/h4,6-7,9-12,14,17,22H,5,8,13,15-16,18-19H2,1-3H3. The lowest BCUT2D eigenvalue weighted by atomic mass is 9.73. The summed E-state index contributed by atoms with van der Waals surface area (Å²) in [6.07, 6.45) is 8.52. The van der Waals surface area contributed by atoms with Crippen molar-refractivity contribution in [2.45, 2.75) is 70.3 Å². The molecule has 35 heavy (non-hydrogen) atoms. The van der Waals surface area contributed by atoms with Gasteiger partial charge in [0, 0.05) is 27.6 Å². The van der Waals surface area contributed by atoms with Crippen LogP contribution in [-0.2, 0) is 19.8 Å². The van der Waals surface area contributed by atoms with Crippen LogP contribution in [0.2, 0.25) is 10.0 Å². The molecule has 0 spiro atoms. The number of rotatable bonds is 5. The fourth-order valence-electron chi connectivity index (χ4n) is 6.18. The first-order chi connectivity index (χ1) is 16.6. The van der Waals surface area contributed by atoms with E-state index in [1.807, 2.05) is 50.2 Å². The maximum Gasteiger partial charge on any atom is 0.229 e. The Hall–Kier alpha value is -1.85. The average molecular weight is 514 g/mol. The molecule has 1 amide bonds. The SMILES string of the molecule is CC1(C)OCC(CC2(C)CCCN(C3(c4cccc(Cl)c4-c4cccc(Cl)c4)C=CCC3)C2=O)O1. The molecule has 3 atom stereocenters. The molecule has 2 aromatic rings. The van der Waals surface area contributed by atoms with Gasteiger partial charge in [0.05, 0.1) is 18.2 Å². The first kappa shape index (κ1) is 24.8. The van der Waals surface area contributed by atoms with Gasteiger partial charge in [-0.05, 0) is 75.3 Å². The van der Waals surface area contributed by atoms with Crippen molar-refractivity contribution < 1.29 is 14.3 Å². The number of hydrogen-bond donors (Lipinski definition) is 0. The molecule has 2 saturated heterocycles.